The second-order valence-corrected chi connectivity index (χ2v) is 3.41. The number of halogens is 1. The van der Waals surface area contributed by atoms with E-state index in [0.717, 1.165) is 0 Å². The minimum absolute atomic E-state index is 0.288. The molecule has 0 saturated carbocycles. The van der Waals surface area contributed by atoms with Gasteiger partial charge in [0.1, 0.15) is 11.9 Å². The Morgan fingerprint density at radius 1 is 1.60 bits per heavy atom. The molecule has 0 heterocycles. The molecule has 1 rings (SSSR count). The van der Waals surface area contributed by atoms with Crippen LogP contribution in [0.3, 0.4) is 0 Å². The third kappa shape index (κ3) is 2.94. The van der Waals surface area contributed by atoms with Crippen LogP contribution in [-0.2, 0) is 4.79 Å². The highest BCUT2D eigenvalue weighted by Gasteiger charge is 2.14. The first-order valence-electron chi connectivity index (χ1n) is 4.80. The van der Waals surface area contributed by atoms with Gasteiger partial charge < -0.3 is 10.4 Å². The maximum Gasteiger partial charge on any atom is 0.326 e. The molecule has 0 aliphatic heterocycles. The monoisotopic (exact) mass is 211 g/mol. The SMILES string of the molecule is CCC(Nc1ccc(F)c(C)c1)C(=O)O. The standard InChI is InChI=1S/C11H14FNO2/c1-3-10(11(14)15)13-8-4-5-9(12)7(2)6-8/h4-6,10,13H,3H2,1-2H3,(H,14,15). The van der Waals surface area contributed by atoms with Crippen molar-refractivity contribution in [3.8, 4) is 0 Å². The average molecular weight is 211 g/mol. The summed E-state index contributed by atoms with van der Waals surface area (Å²) in [7, 11) is 0. The van der Waals surface area contributed by atoms with E-state index < -0.39 is 12.0 Å². The van der Waals surface area contributed by atoms with Crippen LogP contribution in [0.15, 0.2) is 18.2 Å². The first-order valence-corrected chi connectivity index (χ1v) is 4.80. The maximum absolute atomic E-state index is 12.9. The Bertz CT molecular complexity index is 366. The summed E-state index contributed by atoms with van der Waals surface area (Å²) in [4.78, 5) is 10.8. The van der Waals surface area contributed by atoms with Gasteiger partial charge in [-0.3, -0.25) is 0 Å². The minimum Gasteiger partial charge on any atom is -0.480 e. The number of anilines is 1. The summed E-state index contributed by atoms with van der Waals surface area (Å²) in [5.41, 5.74) is 1.13. The van der Waals surface area contributed by atoms with Gasteiger partial charge in [-0.2, -0.15) is 0 Å². The molecule has 0 aromatic heterocycles. The molecule has 2 N–H and O–H groups in total. The van der Waals surface area contributed by atoms with E-state index in [1.54, 1.807) is 19.9 Å². The number of hydrogen-bond acceptors (Lipinski definition) is 2. The quantitative estimate of drug-likeness (QED) is 0.804. The van der Waals surface area contributed by atoms with Crippen molar-refractivity contribution >= 4 is 11.7 Å². The summed E-state index contributed by atoms with van der Waals surface area (Å²) in [6, 6.07) is 3.83. The third-order valence-electron chi connectivity index (χ3n) is 2.21. The van der Waals surface area contributed by atoms with Crippen molar-refractivity contribution < 1.29 is 14.3 Å². The molecule has 0 radical (unpaired) electrons. The Morgan fingerprint density at radius 3 is 2.73 bits per heavy atom. The Morgan fingerprint density at radius 2 is 2.27 bits per heavy atom. The lowest BCUT2D eigenvalue weighted by molar-refractivity contribution is -0.137. The fourth-order valence-corrected chi connectivity index (χ4v) is 1.27. The van der Waals surface area contributed by atoms with E-state index in [9.17, 15) is 9.18 Å². The topological polar surface area (TPSA) is 49.3 Å². The Balaban J connectivity index is 2.80. The van der Waals surface area contributed by atoms with Gasteiger partial charge >= 0.3 is 5.97 Å². The van der Waals surface area contributed by atoms with E-state index in [2.05, 4.69) is 5.32 Å². The lowest BCUT2D eigenvalue weighted by Gasteiger charge is -2.14. The van der Waals surface area contributed by atoms with Crippen molar-refractivity contribution in [3.63, 3.8) is 0 Å². The van der Waals surface area contributed by atoms with Crippen molar-refractivity contribution in [2.24, 2.45) is 0 Å². The van der Waals surface area contributed by atoms with Gasteiger partial charge in [-0.1, -0.05) is 6.92 Å². The summed E-state index contributed by atoms with van der Waals surface area (Å²) in [6.45, 7) is 3.42. The molecule has 15 heavy (non-hydrogen) atoms. The lowest BCUT2D eigenvalue weighted by Crippen LogP contribution is -2.28. The van der Waals surface area contributed by atoms with E-state index in [0.29, 0.717) is 17.7 Å². The van der Waals surface area contributed by atoms with Crippen LogP contribution in [0.25, 0.3) is 0 Å². The molecule has 4 heteroatoms. The van der Waals surface area contributed by atoms with Crippen molar-refractivity contribution in [1.29, 1.82) is 0 Å². The molecule has 0 aliphatic rings. The normalized spacial score (nSPS) is 12.2. The van der Waals surface area contributed by atoms with Crippen LogP contribution in [0, 0.1) is 12.7 Å². The van der Waals surface area contributed by atoms with Gasteiger partial charge in [0.2, 0.25) is 0 Å². The Labute approximate surface area is 87.9 Å². The predicted octanol–water partition coefficient (Wildman–Crippen LogP) is 2.41. The molecule has 1 atom stereocenters. The van der Waals surface area contributed by atoms with Crippen LogP contribution in [0.1, 0.15) is 18.9 Å². The second-order valence-electron chi connectivity index (χ2n) is 3.41. The first-order chi connectivity index (χ1) is 7.04. The Kier molecular flexibility index (Phi) is 3.66. The zero-order chi connectivity index (χ0) is 11.4. The Hall–Kier alpha value is -1.58. The molecule has 0 aliphatic carbocycles. The summed E-state index contributed by atoms with van der Waals surface area (Å²) >= 11 is 0. The van der Waals surface area contributed by atoms with E-state index in [-0.39, 0.29) is 5.82 Å². The van der Waals surface area contributed by atoms with E-state index in [1.807, 2.05) is 0 Å². The van der Waals surface area contributed by atoms with Gasteiger partial charge in [0.15, 0.2) is 0 Å². The number of carboxylic acid groups (broad SMARTS) is 1. The average Bonchev–Trinajstić information content (AvgIpc) is 2.19. The number of nitrogens with one attached hydrogen (secondary N) is 1. The molecule has 82 valence electrons. The van der Waals surface area contributed by atoms with E-state index in [1.165, 1.54) is 12.1 Å². The van der Waals surface area contributed by atoms with E-state index in [4.69, 9.17) is 5.11 Å². The summed E-state index contributed by atoms with van der Waals surface area (Å²) in [6.07, 6.45) is 0.478. The fraction of sp³-hybridized carbons (Fsp3) is 0.364. The van der Waals surface area contributed by atoms with Crippen molar-refractivity contribution in [3.05, 3.63) is 29.6 Å². The number of benzene rings is 1. The van der Waals surface area contributed by atoms with Crippen LogP contribution in [0.4, 0.5) is 10.1 Å². The molecular formula is C11H14FNO2. The molecule has 1 aromatic rings. The van der Waals surface area contributed by atoms with Crippen molar-refractivity contribution in [1.82, 2.24) is 0 Å². The van der Waals surface area contributed by atoms with Crippen molar-refractivity contribution in [2.75, 3.05) is 5.32 Å². The molecular weight excluding hydrogens is 197 g/mol. The molecule has 0 fully saturated rings. The van der Waals surface area contributed by atoms with Gasteiger partial charge in [-0.15, -0.1) is 0 Å². The zero-order valence-electron chi connectivity index (χ0n) is 8.75. The molecule has 0 amide bonds. The second kappa shape index (κ2) is 4.77. The van der Waals surface area contributed by atoms with E-state index >= 15 is 0 Å². The van der Waals surface area contributed by atoms with Gasteiger partial charge in [0, 0.05) is 5.69 Å². The smallest absolute Gasteiger partial charge is 0.326 e. The first kappa shape index (κ1) is 11.5. The number of carbonyl (C=O) groups is 1. The number of aliphatic carboxylic acids is 1. The van der Waals surface area contributed by atoms with Crippen molar-refractivity contribution in [2.45, 2.75) is 26.3 Å². The minimum atomic E-state index is -0.903. The number of rotatable bonds is 4. The maximum atomic E-state index is 12.9. The number of aryl methyl sites for hydroxylation is 1. The third-order valence-corrected chi connectivity index (χ3v) is 2.21. The fourth-order valence-electron chi connectivity index (χ4n) is 1.27. The van der Waals surface area contributed by atoms with Gasteiger partial charge in [-0.25, -0.2) is 9.18 Å². The molecule has 0 spiro atoms. The summed E-state index contributed by atoms with van der Waals surface area (Å²) in [5.74, 6) is -1.19. The molecule has 1 aromatic carbocycles. The zero-order valence-corrected chi connectivity index (χ0v) is 8.75. The van der Waals surface area contributed by atoms with Crippen LogP contribution >= 0.6 is 0 Å². The number of carboxylic acids is 1. The predicted molar refractivity (Wildman–Crippen MR) is 56.5 cm³/mol. The lowest BCUT2D eigenvalue weighted by atomic mass is 10.1. The summed E-state index contributed by atoms with van der Waals surface area (Å²) < 4.78 is 12.9. The van der Waals surface area contributed by atoms with Crippen LogP contribution in [-0.4, -0.2) is 17.1 Å². The van der Waals surface area contributed by atoms with Crippen LogP contribution in [0.5, 0.6) is 0 Å². The molecule has 0 bridgehead atoms. The van der Waals surface area contributed by atoms with Gasteiger partial charge in [-0.05, 0) is 37.1 Å². The number of hydrogen-bond donors (Lipinski definition) is 2. The summed E-state index contributed by atoms with van der Waals surface area (Å²) in [5, 5.41) is 11.7. The van der Waals surface area contributed by atoms with Crippen LogP contribution in [0.2, 0.25) is 0 Å². The largest absolute Gasteiger partial charge is 0.480 e. The molecule has 1 unspecified atom stereocenters. The van der Waals surface area contributed by atoms with Gasteiger partial charge in [0.05, 0.1) is 0 Å². The molecule has 3 nitrogen and oxygen atoms in total. The highest BCUT2D eigenvalue weighted by Crippen LogP contribution is 2.15. The van der Waals surface area contributed by atoms with Crippen LogP contribution < -0.4 is 5.32 Å². The highest BCUT2D eigenvalue weighted by molar-refractivity contribution is 5.77. The van der Waals surface area contributed by atoms with Gasteiger partial charge in [0.25, 0.3) is 0 Å². The highest BCUT2D eigenvalue weighted by atomic mass is 19.1. The molecule has 0 saturated heterocycles.